The van der Waals surface area contributed by atoms with Gasteiger partial charge in [0.2, 0.25) is 5.91 Å². The molecule has 2 aromatic rings. The van der Waals surface area contributed by atoms with Crippen LogP contribution in [0.1, 0.15) is 52.0 Å². The Balaban J connectivity index is 1.72. The minimum Gasteiger partial charge on any atom is -0.494 e. The zero-order valence-electron chi connectivity index (χ0n) is 17.3. The van der Waals surface area contributed by atoms with E-state index in [-0.39, 0.29) is 23.9 Å². The zero-order valence-corrected chi connectivity index (χ0v) is 18.1. The number of thiophene rings is 1. The van der Waals surface area contributed by atoms with Crippen molar-refractivity contribution in [2.24, 2.45) is 0 Å². The van der Waals surface area contributed by atoms with Gasteiger partial charge in [0.25, 0.3) is 0 Å². The van der Waals surface area contributed by atoms with Crippen LogP contribution >= 0.6 is 11.3 Å². The highest BCUT2D eigenvalue weighted by atomic mass is 32.1. The fourth-order valence-electron chi connectivity index (χ4n) is 3.60. The molecule has 0 saturated carbocycles. The highest BCUT2D eigenvalue weighted by Crippen LogP contribution is 2.45. The number of benzene rings is 1. The Morgan fingerprint density at radius 3 is 2.50 bits per heavy atom. The van der Waals surface area contributed by atoms with Crippen LogP contribution in [-0.4, -0.2) is 38.7 Å². The average Bonchev–Trinajstić information content (AvgIpc) is 3.31. The number of hydrogen-bond donors (Lipinski definition) is 1. The van der Waals surface area contributed by atoms with E-state index < -0.39 is 11.9 Å². The van der Waals surface area contributed by atoms with Gasteiger partial charge in [0, 0.05) is 11.3 Å². The fourth-order valence-corrected chi connectivity index (χ4v) is 4.88. The van der Waals surface area contributed by atoms with E-state index in [1.54, 1.807) is 0 Å². The van der Waals surface area contributed by atoms with Crippen LogP contribution in [0.25, 0.3) is 0 Å². The Morgan fingerprint density at radius 2 is 1.87 bits per heavy atom. The number of aryl methyl sites for hydroxylation is 2. The number of anilines is 1. The van der Waals surface area contributed by atoms with Crippen LogP contribution in [0.5, 0.6) is 5.75 Å². The van der Waals surface area contributed by atoms with Gasteiger partial charge >= 0.3 is 11.9 Å². The van der Waals surface area contributed by atoms with E-state index in [2.05, 4.69) is 5.32 Å². The highest BCUT2D eigenvalue weighted by Gasteiger charge is 2.38. The summed E-state index contributed by atoms with van der Waals surface area (Å²) in [6.07, 6.45) is 2.06. The third-order valence-corrected chi connectivity index (χ3v) is 6.21. The molecule has 1 aliphatic carbocycles. The van der Waals surface area contributed by atoms with Gasteiger partial charge in [-0.25, -0.2) is 4.79 Å². The number of carbonyl (C=O) groups is 3. The molecule has 0 aliphatic heterocycles. The fraction of sp³-hybridized carbons (Fsp3) is 0.409. The van der Waals surface area contributed by atoms with E-state index in [0.717, 1.165) is 16.2 Å². The van der Waals surface area contributed by atoms with Crippen LogP contribution in [0.4, 0.5) is 5.00 Å². The van der Waals surface area contributed by atoms with Crippen molar-refractivity contribution in [3.63, 3.8) is 0 Å². The van der Waals surface area contributed by atoms with Gasteiger partial charge in [0.1, 0.15) is 10.8 Å². The quantitative estimate of drug-likeness (QED) is 0.641. The molecule has 0 spiro atoms. The Kier molecular flexibility index (Phi) is 7.10. The molecule has 3 rings (SSSR count). The van der Waals surface area contributed by atoms with Crippen molar-refractivity contribution in [3.05, 3.63) is 45.8 Å². The lowest BCUT2D eigenvalue weighted by molar-refractivity contribution is -0.142. The molecule has 1 aliphatic rings. The molecule has 7 nitrogen and oxygen atoms in total. The summed E-state index contributed by atoms with van der Waals surface area (Å²) in [5.74, 6) is -0.870. The molecule has 1 heterocycles. The molecule has 1 aromatic heterocycles. The van der Waals surface area contributed by atoms with Crippen molar-refractivity contribution in [2.45, 2.75) is 38.5 Å². The SMILES string of the molecule is CCOc1ccc(CCC(=O)Nc2sc3c(c2C(=O)OC)C(C(=O)OC)CC3)cc1. The molecule has 30 heavy (non-hydrogen) atoms. The Labute approximate surface area is 179 Å². The molecule has 0 bridgehead atoms. The topological polar surface area (TPSA) is 90.9 Å². The molecular weight excluding hydrogens is 406 g/mol. The largest absolute Gasteiger partial charge is 0.494 e. The normalized spacial score (nSPS) is 14.7. The second-order valence-corrected chi connectivity index (χ2v) is 7.98. The van der Waals surface area contributed by atoms with Crippen molar-refractivity contribution in [2.75, 3.05) is 26.1 Å². The van der Waals surface area contributed by atoms with E-state index in [1.165, 1.54) is 25.6 Å². The van der Waals surface area contributed by atoms with E-state index in [0.29, 0.717) is 36.4 Å². The Bertz CT molecular complexity index is 934. The maximum atomic E-state index is 12.5. The van der Waals surface area contributed by atoms with Crippen LogP contribution in [0, 0.1) is 0 Å². The maximum absolute atomic E-state index is 12.5. The molecule has 160 valence electrons. The summed E-state index contributed by atoms with van der Waals surface area (Å²) in [6.45, 7) is 2.53. The molecule has 1 amide bonds. The van der Waals surface area contributed by atoms with Gasteiger partial charge in [0.05, 0.1) is 32.3 Å². The van der Waals surface area contributed by atoms with Gasteiger partial charge in [-0.05, 0) is 49.4 Å². The molecule has 8 heteroatoms. The molecule has 0 saturated heterocycles. The van der Waals surface area contributed by atoms with Gasteiger partial charge in [0.15, 0.2) is 0 Å². The summed E-state index contributed by atoms with van der Waals surface area (Å²) in [4.78, 5) is 38.0. The number of fused-ring (bicyclic) bond motifs is 1. The second kappa shape index (κ2) is 9.75. The number of rotatable bonds is 8. The summed E-state index contributed by atoms with van der Waals surface area (Å²) in [5.41, 5.74) is 1.90. The van der Waals surface area contributed by atoms with Gasteiger partial charge < -0.3 is 19.5 Å². The average molecular weight is 432 g/mol. The third kappa shape index (κ3) is 4.64. The molecule has 0 radical (unpaired) electrons. The van der Waals surface area contributed by atoms with Crippen molar-refractivity contribution in [1.82, 2.24) is 0 Å². The summed E-state index contributed by atoms with van der Waals surface area (Å²) < 4.78 is 15.2. The minimum atomic E-state index is -0.565. The summed E-state index contributed by atoms with van der Waals surface area (Å²) in [6, 6.07) is 7.61. The van der Waals surface area contributed by atoms with Crippen molar-refractivity contribution < 1.29 is 28.6 Å². The van der Waals surface area contributed by atoms with Crippen LogP contribution in [0.3, 0.4) is 0 Å². The number of esters is 2. The van der Waals surface area contributed by atoms with E-state index in [9.17, 15) is 14.4 Å². The van der Waals surface area contributed by atoms with Crippen molar-refractivity contribution in [3.8, 4) is 5.75 Å². The minimum absolute atomic E-state index is 0.205. The first-order chi connectivity index (χ1) is 14.5. The van der Waals surface area contributed by atoms with Gasteiger partial charge in [-0.3, -0.25) is 9.59 Å². The molecular formula is C22H25NO6S. The number of carbonyl (C=O) groups excluding carboxylic acids is 3. The second-order valence-electron chi connectivity index (χ2n) is 6.87. The van der Waals surface area contributed by atoms with Crippen LogP contribution in [-0.2, 0) is 31.9 Å². The van der Waals surface area contributed by atoms with Crippen molar-refractivity contribution >= 4 is 34.2 Å². The van der Waals surface area contributed by atoms with Gasteiger partial charge in [-0.2, -0.15) is 0 Å². The predicted molar refractivity (Wildman–Crippen MR) is 113 cm³/mol. The lowest BCUT2D eigenvalue weighted by atomic mass is 9.99. The molecule has 1 unspecified atom stereocenters. The molecule has 1 aromatic carbocycles. The number of amides is 1. The third-order valence-electron chi connectivity index (χ3n) is 5.03. The molecule has 0 fully saturated rings. The van der Waals surface area contributed by atoms with E-state index in [1.807, 2.05) is 31.2 Å². The smallest absolute Gasteiger partial charge is 0.341 e. The maximum Gasteiger partial charge on any atom is 0.341 e. The summed E-state index contributed by atoms with van der Waals surface area (Å²) in [5, 5.41) is 3.26. The number of hydrogen-bond acceptors (Lipinski definition) is 7. The Hall–Kier alpha value is -2.87. The zero-order chi connectivity index (χ0) is 21.7. The van der Waals surface area contributed by atoms with E-state index in [4.69, 9.17) is 14.2 Å². The molecule has 1 atom stereocenters. The van der Waals surface area contributed by atoms with Crippen molar-refractivity contribution in [1.29, 1.82) is 0 Å². The van der Waals surface area contributed by atoms with E-state index >= 15 is 0 Å². The summed E-state index contributed by atoms with van der Waals surface area (Å²) >= 11 is 1.32. The molecule has 1 N–H and O–H groups in total. The number of methoxy groups -OCH3 is 2. The predicted octanol–water partition coefficient (Wildman–Crippen LogP) is 3.71. The number of nitrogens with one attached hydrogen (secondary N) is 1. The first kappa shape index (κ1) is 21.8. The lowest BCUT2D eigenvalue weighted by Gasteiger charge is -2.12. The van der Waals surface area contributed by atoms with Gasteiger partial charge in [-0.1, -0.05) is 12.1 Å². The highest BCUT2D eigenvalue weighted by molar-refractivity contribution is 7.17. The Morgan fingerprint density at radius 1 is 1.13 bits per heavy atom. The number of ether oxygens (including phenoxy) is 3. The first-order valence-electron chi connectivity index (χ1n) is 9.81. The standard InChI is InChI=1S/C22H25NO6S/c1-4-29-14-8-5-13(6-9-14)7-12-17(24)23-20-19(22(26)28-3)18-15(21(25)27-2)10-11-16(18)30-20/h5-6,8-9,15H,4,7,10-12H2,1-3H3,(H,23,24). The van der Waals surface area contributed by atoms with Crippen LogP contribution < -0.4 is 10.1 Å². The first-order valence-corrected chi connectivity index (χ1v) is 10.6. The monoisotopic (exact) mass is 431 g/mol. The lowest BCUT2D eigenvalue weighted by Crippen LogP contribution is -2.17. The summed E-state index contributed by atoms with van der Waals surface area (Å²) in [7, 11) is 2.61. The van der Waals surface area contributed by atoms with Crippen LogP contribution in [0.2, 0.25) is 0 Å². The van der Waals surface area contributed by atoms with Gasteiger partial charge in [-0.15, -0.1) is 11.3 Å². The van der Waals surface area contributed by atoms with Crippen LogP contribution in [0.15, 0.2) is 24.3 Å².